The predicted octanol–water partition coefficient (Wildman–Crippen LogP) is 4.64. The van der Waals surface area contributed by atoms with E-state index in [9.17, 15) is 9.18 Å². The first kappa shape index (κ1) is 12.0. The van der Waals surface area contributed by atoms with Gasteiger partial charge in [-0.2, -0.15) is 0 Å². The van der Waals surface area contributed by atoms with Gasteiger partial charge in [-0.1, -0.05) is 6.07 Å². The van der Waals surface area contributed by atoms with Crippen molar-refractivity contribution in [3.63, 3.8) is 0 Å². The maximum absolute atomic E-state index is 13.7. The number of halogens is 3. The highest BCUT2D eigenvalue weighted by atomic mass is 79.9. The van der Waals surface area contributed by atoms with Gasteiger partial charge >= 0.3 is 0 Å². The lowest BCUT2D eigenvalue weighted by molar-refractivity contribution is 0.103. The highest BCUT2D eigenvalue weighted by Gasteiger charge is 2.17. The molecule has 0 fully saturated rings. The van der Waals surface area contributed by atoms with Crippen LogP contribution in [0, 0.1) is 5.82 Å². The van der Waals surface area contributed by atoms with Crippen molar-refractivity contribution in [2.45, 2.75) is 0 Å². The maximum atomic E-state index is 13.7. The summed E-state index contributed by atoms with van der Waals surface area (Å²) >= 11 is 7.61. The van der Waals surface area contributed by atoms with Crippen molar-refractivity contribution in [2.75, 3.05) is 0 Å². The maximum Gasteiger partial charge on any atom is 0.205 e. The molecule has 5 heteroatoms. The predicted molar refractivity (Wildman–Crippen MR) is 69.6 cm³/mol. The first-order valence-electron chi connectivity index (χ1n) is 4.32. The average Bonchev–Trinajstić information content (AvgIpc) is 2.68. The Labute approximate surface area is 113 Å². The van der Waals surface area contributed by atoms with Gasteiger partial charge in [0, 0.05) is 9.85 Å². The zero-order valence-corrected chi connectivity index (χ0v) is 11.8. The molecule has 1 aromatic heterocycles. The van der Waals surface area contributed by atoms with E-state index in [1.54, 1.807) is 23.6 Å². The Morgan fingerprint density at radius 2 is 2.06 bits per heavy atom. The van der Waals surface area contributed by atoms with Gasteiger partial charge in [0.15, 0.2) is 0 Å². The molecule has 0 aliphatic rings. The van der Waals surface area contributed by atoms with Gasteiger partial charge in [-0.05, 0) is 50.1 Å². The Balaban J connectivity index is 2.45. The normalized spacial score (nSPS) is 10.4. The Morgan fingerprint density at radius 3 is 2.69 bits per heavy atom. The molecule has 1 heterocycles. The van der Waals surface area contributed by atoms with Crippen LogP contribution < -0.4 is 0 Å². The molecular weight excluding hydrogens is 359 g/mol. The van der Waals surface area contributed by atoms with Crippen LogP contribution in [0.25, 0.3) is 0 Å². The molecule has 0 bridgehead atoms. The van der Waals surface area contributed by atoms with E-state index in [1.165, 1.54) is 17.4 Å². The molecule has 1 aromatic carbocycles. The fourth-order valence-corrected chi connectivity index (χ4v) is 2.99. The second kappa shape index (κ2) is 4.77. The third kappa shape index (κ3) is 2.26. The van der Waals surface area contributed by atoms with Crippen molar-refractivity contribution < 1.29 is 9.18 Å². The molecule has 0 amide bonds. The lowest BCUT2D eigenvalue weighted by Crippen LogP contribution is -2.02. The fraction of sp³-hybridized carbons (Fsp3) is 0. The number of benzene rings is 1. The van der Waals surface area contributed by atoms with Crippen LogP contribution in [0.4, 0.5) is 4.39 Å². The molecule has 0 radical (unpaired) electrons. The van der Waals surface area contributed by atoms with Gasteiger partial charge in [0.2, 0.25) is 5.78 Å². The summed E-state index contributed by atoms with van der Waals surface area (Å²) in [6.45, 7) is 0. The zero-order chi connectivity index (χ0) is 11.7. The zero-order valence-electron chi connectivity index (χ0n) is 7.84. The molecule has 2 aromatic rings. The number of ketones is 1. The van der Waals surface area contributed by atoms with Crippen molar-refractivity contribution in [1.82, 2.24) is 0 Å². The second-order valence-electron chi connectivity index (χ2n) is 3.06. The lowest BCUT2D eigenvalue weighted by Gasteiger charge is -2.01. The van der Waals surface area contributed by atoms with Crippen LogP contribution in [0.15, 0.2) is 38.6 Å². The van der Waals surface area contributed by atoms with Crippen LogP contribution in [-0.4, -0.2) is 5.78 Å². The molecule has 0 saturated carbocycles. The van der Waals surface area contributed by atoms with E-state index >= 15 is 0 Å². The monoisotopic (exact) mass is 362 g/mol. The smallest absolute Gasteiger partial charge is 0.205 e. The molecule has 0 saturated heterocycles. The Kier molecular flexibility index (Phi) is 3.56. The minimum Gasteiger partial charge on any atom is -0.288 e. The highest BCUT2D eigenvalue weighted by Crippen LogP contribution is 2.25. The van der Waals surface area contributed by atoms with E-state index in [0.29, 0.717) is 9.35 Å². The SMILES string of the molecule is O=C(c1cc(Br)cs1)c1cccc(Br)c1F. The minimum atomic E-state index is -0.517. The van der Waals surface area contributed by atoms with Crippen molar-refractivity contribution in [1.29, 1.82) is 0 Å². The first-order chi connectivity index (χ1) is 7.59. The van der Waals surface area contributed by atoms with Crippen molar-refractivity contribution in [3.05, 3.63) is 54.8 Å². The standard InChI is InChI=1S/C11H5Br2FOS/c12-6-4-9(16-5-6)11(15)7-2-1-3-8(13)10(7)14/h1-5H. The average molecular weight is 364 g/mol. The number of carbonyl (C=O) groups is 1. The van der Waals surface area contributed by atoms with E-state index < -0.39 is 5.82 Å². The van der Waals surface area contributed by atoms with Crippen LogP contribution in [0.2, 0.25) is 0 Å². The summed E-state index contributed by atoms with van der Waals surface area (Å²) in [5.41, 5.74) is 0.0868. The number of hydrogen-bond acceptors (Lipinski definition) is 2. The Bertz CT molecular complexity index is 551. The van der Waals surface area contributed by atoms with Gasteiger partial charge in [-0.3, -0.25) is 4.79 Å². The topological polar surface area (TPSA) is 17.1 Å². The van der Waals surface area contributed by atoms with Crippen LogP contribution in [0.5, 0.6) is 0 Å². The molecule has 0 aliphatic heterocycles. The molecule has 1 nitrogen and oxygen atoms in total. The summed E-state index contributed by atoms with van der Waals surface area (Å²) in [5.74, 6) is -0.813. The molecular formula is C11H5Br2FOS. The Morgan fingerprint density at radius 1 is 1.31 bits per heavy atom. The van der Waals surface area contributed by atoms with Gasteiger partial charge in [0.1, 0.15) is 5.82 Å². The number of carbonyl (C=O) groups excluding carboxylic acids is 1. The van der Waals surface area contributed by atoms with E-state index in [4.69, 9.17) is 0 Å². The van der Waals surface area contributed by atoms with Gasteiger partial charge in [0.05, 0.1) is 14.9 Å². The molecule has 2 rings (SSSR count). The van der Waals surface area contributed by atoms with E-state index in [-0.39, 0.29) is 11.3 Å². The van der Waals surface area contributed by atoms with Gasteiger partial charge in [-0.25, -0.2) is 4.39 Å². The number of rotatable bonds is 2. The third-order valence-electron chi connectivity index (χ3n) is 1.99. The van der Waals surface area contributed by atoms with E-state index in [0.717, 1.165) is 4.47 Å². The van der Waals surface area contributed by atoms with Crippen LogP contribution >= 0.6 is 43.2 Å². The summed E-state index contributed by atoms with van der Waals surface area (Å²) in [5, 5.41) is 1.79. The molecule has 0 atom stereocenters. The Hall–Kier alpha value is -0.520. The van der Waals surface area contributed by atoms with Gasteiger partial charge in [0.25, 0.3) is 0 Å². The van der Waals surface area contributed by atoms with E-state index in [1.807, 2.05) is 0 Å². The summed E-state index contributed by atoms with van der Waals surface area (Å²) < 4.78 is 14.8. The lowest BCUT2D eigenvalue weighted by atomic mass is 10.1. The summed E-state index contributed by atoms with van der Waals surface area (Å²) in [6, 6.07) is 6.38. The number of hydrogen-bond donors (Lipinski definition) is 0. The van der Waals surface area contributed by atoms with Crippen molar-refractivity contribution in [3.8, 4) is 0 Å². The van der Waals surface area contributed by atoms with Crippen molar-refractivity contribution >= 4 is 49.0 Å². The largest absolute Gasteiger partial charge is 0.288 e. The molecule has 82 valence electrons. The van der Waals surface area contributed by atoms with Gasteiger partial charge < -0.3 is 0 Å². The van der Waals surface area contributed by atoms with Crippen LogP contribution in [-0.2, 0) is 0 Å². The highest BCUT2D eigenvalue weighted by molar-refractivity contribution is 9.10. The third-order valence-corrected chi connectivity index (χ3v) is 4.29. The van der Waals surface area contributed by atoms with Gasteiger partial charge in [-0.15, -0.1) is 11.3 Å². The second-order valence-corrected chi connectivity index (χ2v) is 5.74. The van der Waals surface area contributed by atoms with Crippen molar-refractivity contribution in [2.24, 2.45) is 0 Å². The quantitative estimate of drug-likeness (QED) is 0.710. The molecule has 0 aliphatic carbocycles. The molecule has 16 heavy (non-hydrogen) atoms. The van der Waals surface area contributed by atoms with Crippen LogP contribution in [0.3, 0.4) is 0 Å². The fourth-order valence-electron chi connectivity index (χ4n) is 1.24. The molecule has 0 N–H and O–H groups in total. The first-order valence-corrected chi connectivity index (χ1v) is 6.79. The minimum absolute atomic E-state index is 0.0868. The summed E-state index contributed by atoms with van der Waals surface area (Å²) in [6.07, 6.45) is 0. The van der Waals surface area contributed by atoms with E-state index in [2.05, 4.69) is 31.9 Å². The summed E-state index contributed by atoms with van der Waals surface area (Å²) in [4.78, 5) is 12.5. The molecule has 0 unspecified atom stereocenters. The molecule has 0 spiro atoms. The summed E-state index contributed by atoms with van der Waals surface area (Å²) in [7, 11) is 0. The van der Waals surface area contributed by atoms with Crippen LogP contribution in [0.1, 0.15) is 15.2 Å². The number of thiophene rings is 1.